The maximum atomic E-state index is 10.5. The molecule has 5 N–H and O–H groups in total. The number of phenols is 1. The quantitative estimate of drug-likeness (QED) is 0.524. The standard InChI is InChI=1S/C19H26N4O3/c1-23-8-7-18-14-10-3-4-12(24)15(14)26-16(18)11(22-17(20)21)5-6-19(18,25-2)13(23)9-10/h3-4,11,13,16,24H,5-9H2,1-2H3,(H4,20,21,22)/t11-,13-,16+,18+,19-/m1/s1. The second-order valence-corrected chi connectivity index (χ2v) is 8.16. The van der Waals surface area contributed by atoms with Crippen molar-refractivity contribution in [2.24, 2.45) is 16.5 Å². The summed E-state index contributed by atoms with van der Waals surface area (Å²) in [4.78, 5) is 6.92. The molecule has 1 aromatic carbocycles. The molecule has 0 aromatic heterocycles. The lowest BCUT2D eigenvalue weighted by Gasteiger charge is -2.64. The molecule has 2 fully saturated rings. The molecule has 2 bridgehead atoms. The van der Waals surface area contributed by atoms with Crippen LogP contribution < -0.4 is 16.2 Å². The lowest BCUT2D eigenvalue weighted by Crippen LogP contribution is -2.77. The van der Waals surface area contributed by atoms with Crippen molar-refractivity contribution in [3.63, 3.8) is 0 Å². The maximum Gasteiger partial charge on any atom is 0.186 e. The average molecular weight is 358 g/mol. The first-order chi connectivity index (χ1) is 12.4. The van der Waals surface area contributed by atoms with Gasteiger partial charge in [-0.05, 0) is 50.9 Å². The van der Waals surface area contributed by atoms with E-state index in [0.717, 1.165) is 37.8 Å². The summed E-state index contributed by atoms with van der Waals surface area (Å²) >= 11 is 0. The van der Waals surface area contributed by atoms with Crippen LogP contribution in [0.25, 0.3) is 0 Å². The van der Waals surface area contributed by atoms with Gasteiger partial charge in [-0.25, -0.2) is 4.99 Å². The summed E-state index contributed by atoms with van der Waals surface area (Å²) in [6.07, 6.45) is 3.24. The Morgan fingerprint density at radius 2 is 2.19 bits per heavy atom. The van der Waals surface area contributed by atoms with Gasteiger partial charge in [0, 0.05) is 18.7 Å². The zero-order valence-corrected chi connectivity index (χ0v) is 15.2. The summed E-state index contributed by atoms with van der Waals surface area (Å²) in [7, 11) is 4.00. The Hall–Kier alpha value is -1.99. The van der Waals surface area contributed by atoms with Gasteiger partial charge >= 0.3 is 0 Å². The molecule has 2 aliphatic carbocycles. The van der Waals surface area contributed by atoms with Crippen molar-refractivity contribution in [3.05, 3.63) is 23.3 Å². The minimum atomic E-state index is -0.355. The van der Waals surface area contributed by atoms with Crippen molar-refractivity contribution in [1.29, 1.82) is 0 Å². The molecule has 7 heteroatoms. The first kappa shape index (κ1) is 16.2. The molecule has 0 unspecified atom stereocenters. The second kappa shape index (κ2) is 5.04. The zero-order chi connectivity index (χ0) is 18.3. The Morgan fingerprint density at radius 3 is 2.92 bits per heavy atom. The van der Waals surface area contributed by atoms with Gasteiger partial charge in [0.15, 0.2) is 17.5 Å². The number of aliphatic imine (C=N–C) groups is 1. The van der Waals surface area contributed by atoms with Gasteiger partial charge in [-0.3, -0.25) is 0 Å². The fraction of sp³-hybridized carbons (Fsp3) is 0.632. The van der Waals surface area contributed by atoms with E-state index in [1.54, 1.807) is 6.07 Å². The number of piperidine rings is 1. The van der Waals surface area contributed by atoms with Crippen LogP contribution in [0.3, 0.4) is 0 Å². The molecule has 140 valence electrons. The highest BCUT2D eigenvalue weighted by Crippen LogP contribution is 2.66. The van der Waals surface area contributed by atoms with Gasteiger partial charge in [-0.1, -0.05) is 6.07 Å². The highest BCUT2D eigenvalue weighted by Gasteiger charge is 2.73. The van der Waals surface area contributed by atoms with E-state index in [2.05, 4.69) is 16.9 Å². The van der Waals surface area contributed by atoms with Crippen LogP contribution in [0.1, 0.15) is 30.4 Å². The smallest absolute Gasteiger partial charge is 0.186 e. The van der Waals surface area contributed by atoms with E-state index in [0.29, 0.717) is 5.75 Å². The van der Waals surface area contributed by atoms with Gasteiger partial charge in [0.25, 0.3) is 0 Å². The van der Waals surface area contributed by atoms with Crippen LogP contribution >= 0.6 is 0 Å². The predicted octanol–water partition coefficient (Wildman–Crippen LogP) is 0.472. The van der Waals surface area contributed by atoms with Gasteiger partial charge in [0.05, 0.1) is 17.1 Å². The van der Waals surface area contributed by atoms with E-state index in [1.807, 2.05) is 13.2 Å². The molecule has 0 radical (unpaired) electrons. The molecule has 5 rings (SSSR count). The zero-order valence-electron chi connectivity index (χ0n) is 15.2. The SMILES string of the molecule is CO[C@@]12CC[C@@H](N=C(N)N)[C@@H]3Oc4c(O)ccc5c4[C@@]31CCN(C)[C@@H]2C5. The first-order valence-electron chi connectivity index (χ1n) is 9.31. The van der Waals surface area contributed by atoms with Crippen molar-refractivity contribution in [2.45, 2.75) is 54.9 Å². The molecule has 1 aromatic rings. The van der Waals surface area contributed by atoms with Gasteiger partial charge in [-0.15, -0.1) is 0 Å². The average Bonchev–Trinajstić information content (AvgIpc) is 2.97. The lowest BCUT2D eigenvalue weighted by molar-refractivity contribution is -0.201. The largest absolute Gasteiger partial charge is 0.504 e. The Bertz CT molecular complexity index is 808. The van der Waals surface area contributed by atoms with Crippen LogP contribution in [-0.4, -0.2) is 60.5 Å². The fourth-order valence-electron chi connectivity index (χ4n) is 6.44. The van der Waals surface area contributed by atoms with Crippen molar-refractivity contribution >= 4 is 5.96 Å². The van der Waals surface area contributed by atoms with E-state index in [1.165, 1.54) is 5.56 Å². The number of nitrogens with zero attached hydrogens (tertiary/aromatic N) is 2. The topological polar surface area (TPSA) is 106 Å². The third-order valence-corrected chi connectivity index (χ3v) is 7.34. The lowest BCUT2D eigenvalue weighted by atomic mass is 9.48. The number of benzene rings is 1. The van der Waals surface area contributed by atoms with E-state index in [-0.39, 0.29) is 40.9 Å². The third-order valence-electron chi connectivity index (χ3n) is 7.34. The number of likely N-dealkylation sites (N-methyl/N-ethyl adjacent to an activating group) is 1. The molecule has 2 aliphatic heterocycles. The number of nitrogens with two attached hydrogens (primary N) is 2. The number of likely N-dealkylation sites (tertiary alicyclic amines) is 1. The molecule has 0 amide bonds. The highest BCUT2D eigenvalue weighted by molar-refractivity contribution is 5.76. The summed E-state index contributed by atoms with van der Waals surface area (Å²) in [6.45, 7) is 0.957. The molecule has 5 atom stereocenters. The molecule has 2 heterocycles. The second-order valence-electron chi connectivity index (χ2n) is 8.16. The highest BCUT2D eigenvalue weighted by atomic mass is 16.5. The van der Waals surface area contributed by atoms with Crippen LogP contribution in [-0.2, 0) is 16.6 Å². The van der Waals surface area contributed by atoms with Crippen molar-refractivity contribution in [1.82, 2.24) is 4.90 Å². The minimum absolute atomic E-state index is 0.0839. The van der Waals surface area contributed by atoms with Crippen molar-refractivity contribution < 1.29 is 14.6 Å². The molecule has 1 saturated heterocycles. The van der Waals surface area contributed by atoms with E-state index < -0.39 is 0 Å². The molecular weight excluding hydrogens is 332 g/mol. The Balaban J connectivity index is 1.80. The monoisotopic (exact) mass is 358 g/mol. The summed E-state index contributed by atoms with van der Waals surface area (Å²) in [5.74, 6) is 0.883. The van der Waals surface area contributed by atoms with Gasteiger partial charge in [0.1, 0.15) is 6.10 Å². The summed E-state index contributed by atoms with van der Waals surface area (Å²) in [5, 5.41) is 10.5. The number of hydrogen-bond donors (Lipinski definition) is 3. The van der Waals surface area contributed by atoms with Gasteiger partial charge < -0.3 is 30.9 Å². The molecule has 7 nitrogen and oxygen atoms in total. The predicted molar refractivity (Wildman–Crippen MR) is 97.5 cm³/mol. The molecule has 1 spiro atoms. The van der Waals surface area contributed by atoms with E-state index in [4.69, 9.17) is 20.9 Å². The van der Waals surface area contributed by atoms with Crippen LogP contribution in [0.15, 0.2) is 17.1 Å². The van der Waals surface area contributed by atoms with Crippen molar-refractivity contribution in [3.8, 4) is 11.5 Å². The summed E-state index contributed by atoms with van der Waals surface area (Å²) in [5.41, 5.74) is 13.1. The number of guanidine groups is 1. The first-order valence-corrected chi connectivity index (χ1v) is 9.31. The molecule has 26 heavy (non-hydrogen) atoms. The van der Waals surface area contributed by atoms with Crippen LogP contribution in [0.5, 0.6) is 11.5 Å². The van der Waals surface area contributed by atoms with Crippen LogP contribution in [0, 0.1) is 0 Å². The number of rotatable bonds is 2. The third kappa shape index (κ3) is 1.64. The van der Waals surface area contributed by atoms with Gasteiger partial charge in [0.2, 0.25) is 0 Å². The molecular formula is C19H26N4O3. The summed E-state index contributed by atoms with van der Waals surface area (Å²) < 4.78 is 12.8. The minimum Gasteiger partial charge on any atom is -0.504 e. The number of methoxy groups -OCH3 is 1. The summed E-state index contributed by atoms with van der Waals surface area (Å²) in [6, 6.07) is 3.92. The number of hydrogen-bond acceptors (Lipinski definition) is 5. The Labute approximate surface area is 153 Å². The van der Waals surface area contributed by atoms with E-state index >= 15 is 0 Å². The number of phenolic OH excluding ortho intramolecular Hbond substituents is 1. The normalized spacial score (nSPS) is 39.8. The Morgan fingerprint density at radius 1 is 1.38 bits per heavy atom. The molecule has 1 saturated carbocycles. The van der Waals surface area contributed by atoms with Crippen LogP contribution in [0.4, 0.5) is 0 Å². The number of ether oxygens (including phenoxy) is 2. The van der Waals surface area contributed by atoms with Crippen molar-refractivity contribution in [2.75, 3.05) is 20.7 Å². The fourth-order valence-corrected chi connectivity index (χ4v) is 6.44. The van der Waals surface area contributed by atoms with E-state index in [9.17, 15) is 5.11 Å². The number of aromatic hydroxyl groups is 1. The molecule has 4 aliphatic rings. The Kier molecular flexibility index (Phi) is 3.14. The maximum absolute atomic E-state index is 10.5. The van der Waals surface area contributed by atoms with Gasteiger partial charge in [-0.2, -0.15) is 0 Å². The van der Waals surface area contributed by atoms with Crippen LogP contribution in [0.2, 0.25) is 0 Å².